The molecular weight excluding hydrogens is 1910 g/mol. The van der Waals surface area contributed by atoms with Gasteiger partial charge < -0.3 is 78.2 Å². The summed E-state index contributed by atoms with van der Waals surface area (Å²) in [6.07, 6.45) is -1.95. The quantitative estimate of drug-likeness (QED) is 0.0359. The maximum Gasteiger partial charge on any atom is 0.416 e. The minimum absolute atomic E-state index is 0.581. The average molecular weight is 2050 g/mol. The van der Waals surface area contributed by atoms with Crippen molar-refractivity contribution in [3.05, 3.63) is 192 Å². The van der Waals surface area contributed by atoms with E-state index in [1.165, 1.54) is 165 Å². The van der Waals surface area contributed by atoms with E-state index in [4.69, 9.17) is 4.74 Å². The predicted octanol–water partition coefficient (Wildman–Crippen LogP) is 23.1. The number of benzene rings is 8. The molecule has 11 aliphatic heterocycles. The van der Waals surface area contributed by atoms with Crippen molar-refractivity contribution >= 4 is 92.5 Å². The van der Waals surface area contributed by atoms with Crippen LogP contribution in [0.15, 0.2) is 209 Å². The SMILES string of the molecule is CCN(CC)CCCN1CCN(CCCN2c3ccccc3Sc3ccc(C(F)(F)F)cc32)CC1.FC(F)(F)c1ccc2c(c1)N(CCCN1CCN(CCCN3CCCC3)CC1)c1ccccc1S2.FC(F)(F)c1ccc2c(c1)N(CCCN1CCN(CCCN3CCCCC3)CC1)c1ccccc1S2.FC(F)(F)c1ccc2c(c1)N(CCCN1CCN(CCCN3CCOCC3)CC1)c1ccccc1S2. The Kier molecular flexibility index (Phi) is 39.6. The highest BCUT2D eigenvalue weighted by Crippen LogP contribution is 2.55. The van der Waals surface area contributed by atoms with Crippen molar-refractivity contribution in [1.82, 2.24) is 58.8 Å². The molecule has 0 radical (unpaired) electrons. The Balaban J connectivity index is 0.000000136. The highest BCUT2D eigenvalue weighted by molar-refractivity contribution is 8.00. The second-order valence-corrected chi connectivity index (χ2v) is 43.4. The minimum Gasteiger partial charge on any atom is -0.379 e. The Labute approximate surface area is 851 Å². The van der Waals surface area contributed by atoms with Crippen LogP contribution in [0.1, 0.15) is 120 Å². The lowest BCUT2D eigenvalue weighted by Gasteiger charge is -2.37. The smallest absolute Gasteiger partial charge is 0.379 e. The summed E-state index contributed by atoms with van der Waals surface area (Å²) in [5.41, 5.74) is 4.36. The average Bonchev–Trinajstić information content (AvgIpc) is 0.891. The fraction of sp³-hybridized carbons (Fsp3) is 0.560. The molecule has 33 heteroatoms. The number of piperidine rings is 1. The lowest BCUT2D eigenvalue weighted by molar-refractivity contribution is -0.138. The first-order chi connectivity index (χ1) is 68.8. The zero-order chi connectivity index (χ0) is 99.0. The summed E-state index contributed by atoms with van der Waals surface area (Å²) >= 11 is 6.21. The number of rotatable bonds is 34. The summed E-state index contributed by atoms with van der Waals surface area (Å²) in [5, 5.41) is 0. The number of hydrogen-bond acceptors (Lipinski definition) is 21. The molecule has 19 rings (SSSR count). The molecule has 11 aliphatic rings. The fourth-order valence-electron chi connectivity index (χ4n) is 21.4. The highest BCUT2D eigenvalue weighted by Gasteiger charge is 2.40. The van der Waals surface area contributed by atoms with E-state index in [9.17, 15) is 52.7 Å². The number of morpholine rings is 1. The maximum absolute atomic E-state index is 13.4. The maximum atomic E-state index is 13.4. The van der Waals surface area contributed by atoms with Gasteiger partial charge in [-0.1, -0.05) is 116 Å². The van der Waals surface area contributed by atoms with E-state index in [-0.39, 0.29) is 0 Å². The van der Waals surface area contributed by atoms with Gasteiger partial charge in [0.05, 0.1) is 81.0 Å². The Morgan fingerprint density at radius 2 is 0.423 bits per heavy atom. The highest BCUT2D eigenvalue weighted by atomic mass is 32.2. The molecule has 8 aromatic carbocycles. The van der Waals surface area contributed by atoms with E-state index in [0.717, 1.165) is 278 Å². The van der Waals surface area contributed by atoms with Crippen molar-refractivity contribution in [3.8, 4) is 0 Å². The van der Waals surface area contributed by atoms with Crippen LogP contribution in [-0.2, 0) is 29.4 Å². The molecule has 142 heavy (non-hydrogen) atoms. The predicted molar refractivity (Wildman–Crippen MR) is 556 cm³/mol. The first-order valence-electron chi connectivity index (χ1n) is 52.1. The number of piperazine rings is 4. The van der Waals surface area contributed by atoms with Crippen LogP contribution in [0.5, 0.6) is 0 Å². The fourth-order valence-corrected chi connectivity index (χ4v) is 25.7. The molecule has 0 atom stereocenters. The van der Waals surface area contributed by atoms with E-state index < -0.39 is 47.0 Å². The molecule has 0 bridgehead atoms. The lowest BCUT2D eigenvalue weighted by Crippen LogP contribution is -2.47. The third-order valence-electron chi connectivity index (χ3n) is 29.5. The van der Waals surface area contributed by atoms with Gasteiger partial charge in [0.1, 0.15) is 0 Å². The van der Waals surface area contributed by atoms with Crippen molar-refractivity contribution in [2.45, 2.75) is 161 Å². The van der Waals surface area contributed by atoms with Crippen molar-refractivity contribution in [2.24, 2.45) is 0 Å². The van der Waals surface area contributed by atoms with Gasteiger partial charge in [-0.15, -0.1) is 0 Å². The number of alkyl halides is 12. The summed E-state index contributed by atoms with van der Waals surface area (Å²) in [6.45, 7) is 49.1. The van der Waals surface area contributed by atoms with Gasteiger partial charge in [-0.25, -0.2) is 0 Å². The summed E-state index contributed by atoms with van der Waals surface area (Å²) in [7, 11) is 0. The van der Waals surface area contributed by atoms with Crippen LogP contribution >= 0.6 is 47.0 Å². The van der Waals surface area contributed by atoms with Crippen LogP contribution < -0.4 is 19.6 Å². The normalized spacial score (nSPS) is 19.1. The molecule has 774 valence electrons. The van der Waals surface area contributed by atoms with E-state index in [1.54, 1.807) is 71.3 Å². The monoisotopic (exact) mass is 2050 g/mol. The number of para-hydroxylation sites is 4. The lowest BCUT2D eigenvalue weighted by atomic mass is 10.1. The van der Waals surface area contributed by atoms with E-state index in [0.29, 0.717) is 48.9 Å². The van der Waals surface area contributed by atoms with Gasteiger partial charge >= 0.3 is 24.7 Å². The molecule has 0 unspecified atom stereocenters. The van der Waals surface area contributed by atoms with Gasteiger partial charge in [0.2, 0.25) is 0 Å². The summed E-state index contributed by atoms with van der Waals surface area (Å²) in [5.74, 6) is 0. The largest absolute Gasteiger partial charge is 0.416 e. The zero-order valence-electron chi connectivity index (χ0n) is 82.8. The molecule has 0 amide bonds. The Bertz CT molecular complexity index is 4920. The Hall–Kier alpha value is -7.00. The van der Waals surface area contributed by atoms with Crippen molar-refractivity contribution < 1.29 is 57.4 Å². The van der Waals surface area contributed by atoms with Crippen LogP contribution in [-0.4, -0.2) is 334 Å². The summed E-state index contributed by atoms with van der Waals surface area (Å²) < 4.78 is 167. The van der Waals surface area contributed by atoms with Crippen LogP contribution in [0.3, 0.4) is 0 Å². The Morgan fingerprint density at radius 3 is 0.655 bits per heavy atom. The molecule has 0 aromatic heterocycles. The molecule has 17 nitrogen and oxygen atoms in total. The van der Waals surface area contributed by atoms with Gasteiger partial charge in [0.15, 0.2) is 0 Å². The van der Waals surface area contributed by atoms with Gasteiger partial charge in [-0.05, 0) is 316 Å². The molecule has 7 saturated heterocycles. The van der Waals surface area contributed by atoms with Crippen LogP contribution in [0, 0.1) is 0 Å². The van der Waals surface area contributed by atoms with Gasteiger partial charge in [0.25, 0.3) is 0 Å². The summed E-state index contributed by atoms with van der Waals surface area (Å²) in [4.78, 5) is 46.8. The first-order valence-corrected chi connectivity index (χ1v) is 55.4. The van der Waals surface area contributed by atoms with Crippen molar-refractivity contribution in [1.29, 1.82) is 0 Å². The molecule has 0 N–H and O–H groups in total. The number of hydrogen-bond donors (Lipinski definition) is 0. The summed E-state index contributed by atoms with van der Waals surface area (Å²) in [6, 6.07) is 48.6. The van der Waals surface area contributed by atoms with Crippen LogP contribution in [0.25, 0.3) is 0 Å². The molecule has 0 spiro atoms. The molecular formula is C109H144F12N16OS4. The topological polar surface area (TPSA) is 61.1 Å². The van der Waals surface area contributed by atoms with Crippen molar-refractivity contribution in [2.75, 3.05) is 295 Å². The number of ether oxygens (including phenoxy) is 1. The van der Waals surface area contributed by atoms with Crippen molar-refractivity contribution in [3.63, 3.8) is 0 Å². The third kappa shape index (κ3) is 30.4. The minimum atomic E-state index is -4.34. The number of nitrogens with zero attached hydrogens (tertiary/aromatic N) is 16. The second-order valence-electron chi connectivity index (χ2n) is 39.1. The van der Waals surface area contributed by atoms with Crippen LogP contribution in [0.2, 0.25) is 0 Å². The third-order valence-corrected chi connectivity index (χ3v) is 34.1. The van der Waals surface area contributed by atoms with E-state index in [1.807, 2.05) is 84.9 Å². The number of anilines is 8. The van der Waals surface area contributed by atoms with Gasteiger partial charge in [0, 0.05) is 183 Å². The second kappa shape index (κ2) is 52.2. The molecule has 8 aromatic rings. The zero-order valence-corrected chi connectivity index (χ0v) is 86.1. The molecule has 0 aliphatic carbocycles. The molecule has 0 saturated carbocycles. The van der Waals surface area contributed by atoms with E-state index in [2.05, 4.69) is 104 Å². The molecule has 7 fully saturated rings. The van der Waals surface area contributed by atoms with Gasteiger partial charge in [-0.3, -0.25) is 4.90 Å². The van der Waals surface area contributed by atoms with E-state index >= 15 is 0 Å². The standard InChI is InChI=1S/C28H37F3N4S.C27H35F3N4OS.C27H35F3N4S.C27H37F3N4S/c29-28(30,31)23-10-11-27-25(22-23)35(24-8-2-3-9-26(24)36-27)17-7-16-34-20-18-33(19-21-34)15-6-14-32-12-4-1-5-13-32;28-27(29,30)22-7-8-26-24(21-22)34(23-5-1-2-6-25(23)36-26)12-4-11-32-15-13-31(14-16-32)9-3-10-33-17-19-35-20-18-33;28-27(29,30)22-9-10-26-24(21-22)34(23-7-1-2-8-25(23)35-26)16-6-15-33-19-17-32(18-20-33)14-5-13-31-11-3-4-12-31;1-3-31(4-2)13-7-14-32-17-19-33(20-18-32)15-8-16-34-23-9-5-6-10-25(23)35-26-12-11-22(21-24(26)34)27(28,29)30/h2-3,8-11,22H,1,4-7,12-21H2;1-2,5-8,21H,3-4,9-20H2;1-2,7-10,21H,3-6,11-20H2;5-6,9-12,21H,3-4,7-8,13-20H2,1-2H3. The number of halogens is 12. The van der Waals surface area contributed by atoms with Gasteiger partial charge in [-0.2, -0.15) is 52.7 Å². The number of fused-ring (bicyclic) bond motifs is 8. The Morgan fingerprint density at radius 1 is 0.225 bits per heavy atom. The first kappa shape index (κ1) is 108. The number of likely N-dealkylation sites (tertiary alicyclic amines) is 2. The van der Waals surface area contributed by atoms with Crippen LogP contribution in [0.4, 0.5) is 98.2 Å². The molecule has 11 heterocycles.